The first-order chi connectivity index (χ1) is 17.0. The summed E-state index contributed by atoms with van der Waals surface area (Å²) in [5, 5.41) is 13.4. The van der Waals surface area contributed by atoms with Crippen molar-refractivity contribution < 1.29 is 36.6 Å². The third-order valence-corrected chi connectivity index (χ3v) is 5.58. The summed E-state index contributed by atoms with van der Waals surface area (Å²) in [4.78, 5) is 34.9. The molecule has 2 aromatic rings. The van der Waals surface area contributed by atoms with E-state index in [9.17, 15) is 28.1 Å². The van der Waals surface area contributed by atoms with Crippen molar-refractivity contribution in [1.82, 2.24) is 5.32 Å². The smallest absolute Gasteiger partial charge is 0.269 e. The second-order valence-electron chi connectivity index (χ2n) is 8.06. The summed E-state index contributed by atoms with van der Waals surface area (Å²) < 4.78 is 37.2. The molecule has 1 amide bonds. The Bertz CT molecular complexity index is 1160. The molecule has 0 aliphatic rings. The number of hydrogen-bond donors (Lipinski definition) is 1. The van der Waals surface area contributed by atoms with E-state index in [2.05, 4.69) is 9.50 Å². The van der Waals surface area contributed by atoms with E-state index in [1.165, 1.54) is 12.1 Å². The first-order valence-electron chi connectivity index (χ1n) is 11.2. The van der Waals surface area contributed by atoms with Crippen LogP contribution in [-0.2, 0) is 30.4 Å². The summed E-state index contributed by atoms with van der Waals surface area (Å²) in [5.41, 5.74) is 2.80. The second kappa shape index (κ2) is 13.7. The van der Waals surface area contributed by atoms with Crippen molar-refractivity contribution in [1.29, 1.82) is 0 Å². The summed E-state index contributed by atoms with van der Waals surface area (Å²) in [5.74, 6) is 0.160. The van der Waals surface area contributed by atoms with Gasteiger partial charge in [-0.15, -0.1) is 0 Å². The van der Waals surface area contributed by atoms with E-state index < -0.39 is 15.0 Å². The summed E-state index contributed by atoms with van der Waals surface area (Å²) in [6.07, 6.45) is 1.01. The zero-order chi connectivity index (χ0) is 26.7. The van der Waals surface area contributed by atoms with Gasteiger partial charge >= 0.3 is 0 Å². The molecule has 11 nitrogen and oxygen atoms in total. The predicted molar refractivity (Wildman–Crippen MR) is 132 cm³/mol. The van der Waals surface area contributed by atoms with Gasteiger partial charge in [0.2, 0.25) is 5.91 Å². The van der Waals surface area contributed by atoms with Gasteiger partial charge in [-0.25, -0.2) is 0 Å². The van der Waals surface area contributed by atoms with Crippen molar-refractivity contribution in [2.75, 3.05) is 32.6 Å². The van der Waals surface area contributed by atoms with Crippen LogP contribution in [0.1, 0.15) is 39.9 Å². The van der Waals surface area contributed by atoms with Crippen LogP contribution in [-0.4, -0.2) is 57.7 Å². The van der Waals surface area contributed by atoms with Crippen LogP contribution >= 0.6 is 0 Å². The average molecular weight is 523 g/mol. The molecule has 0 saturated carbocycles. The zero-order valence-electron chi connectivity index (χ0n) is 20.4. The number of carbonyl (C=O) groups excluding carboxylic acids is 2. The quantitative estimate of drug-likeness (QED) is 0.122. The molecule has 0 heterocycles. The Hall–Kier alpha value is -3.35. The van der Waals surface area contributed by atoms with Gasteiger partial charge in [-0.05, 0) is 54.8 Å². The van der Waals surface area contributed by atoms with E-state index in [1.54, 1.807) is 24.3 Å². The number of nitro benzene ring substituents is 1. The Labute approximate surface area is 210 Å². The monoisotopic (exact) mass is 522 g/mol. The third kappa shape index (κ3) is 10.1. The molecular weight excluding hydrogens is 492 g/mol. The Morgan fingerprint density at radius 3 is 2.22 bits per heavy atom. The molecule has 0 aliphatic heterocycles. The number of carbonyl (C=O) groups is 2. The lowest BCUT2D eigenvalue weighted by Crippen LogP contribution is -2.28. The number of aryl methyl sites for hydroxylation is 2. The Balaban J connectivity index is 1.77. The Morgan fingerprint density at radius 2 is 1.64 bits per heavy atom. The lowest BCUT2D eigenvalue weighted by molar-refractivity contribution is -0.384. The number of hydrogen-bond acceptors (Lipinski definition) is 9. The molecule has 0 bridgehead atoms. The predicted octanol–water partition coefficient (Wildman–Crippen LogP) is 2.86. The number of benzene rings is 2. The van der Waals surface area contributed by atoms with Crippen LogP contribution in [0.15, 0.2) is 36.4 Å². The lowest BCUT2D eigenvalue weighted by Gasteiger charge is -2.14. The van der Waals surface area contributed by atoms with Crippen molar-refractivity contribution in [3.63, 3.8) is 0 Å². The number of ether oxygens (including phenoxy) is 2. The minimum Gasteiger partial charge on any atom is -0.488 e. The number of ketones is 1. The number of nitro groups is 1. The minimum absolute atomic E-state index is 0.00743. The average Bonchev–Trinajstić information content (AvgIpc) is 2.80. The third-order valence-electron chi connectivity index (χ3n) is 4.99. The first kappa shape index (κ1) is 28.9. The highest BCUT2D eigenvalue weighted by molar-refractivity contribution is 7.85. The van der Waals surface area contributed by atoms with Gasteiger partial charge in [0.15, 0.2) is 5.78 Å². The molecular formula is C24H30N2O9S. The van der Waals surface area contributed by atoms with Crippen LogP contribution in [0.3, 0.4) is 0 Å². The van der Waals surface area contributed by atoms with Gasteiger partial charge in [0.25, 0.3) is 15.8 Å². The Morgan fingerprint density at radius 1 is 1.00 bits per heavy atom. The number of non-ortho nitro benzene ring substituents is 1. The fourth-order valence-corrected chi connectivity index (χ4v) is 3.65. The molecule has 0 aliphatic carbocycles. The van der Waals surface area contributed by atoms with Gasteiger partial charge in [-0.2, -0.15) is 8.42 Å². The zero-order valence-corrected chi connectivity index (χ0v) is 21.3. The summed E-state index contributed by atoms with van der Waals surface area (Å²) in [7, 11) is -3.50. The molecule has 0 aromatic heterocycles. The number of rotatable bonds is 15. The molecule has 0 atom stereocenters. The number of nitrogens with zero attached hydrogens (tertiary/aromatic N) is 1. The van der Waals surface area contributed by atoms with Crippen LogP contribution in [0.2, 0.25) is 0 Å². The molecule has 0 unspecified atom stereocenters. The maximum atomic E-state index is 12.6. The summed E-state index contributed by atoms with van der Waals surface area (Å²) in [6.45, 7) is 4.26. The van der Waals surface area contributed by atoms with Crippen molar-refractivity contribution in [2.24, 2.45) is 0 Å². The molecule has 36 heavy (non-hydrogen) atoms. The van der Waals surface area contributed by atoms with Gasteiger partial charge < -0.3 is 14.8 Å². The Kier molecular flexibility index (Phi) is 11.0. The SMILES string of the molecule is Cc1cc(C(=O)CCC(=O)NCCOCCOS(C)(=O)=O)cc(C)c1OCc1ccc([N+](=O)[O-])cc1. The van der Waals surface area contributed by atoms with Crippen LogP contribution in [0.4, 0.5) is 5.69 Å². The van der Waals surface area contributed by atoms with Crippen molar-refractivity contribution >= 4 is 27.5 Å². The van der Waals surface area contributed by atoms with E-state index in [1.807, 2.05) is 13.8 Å². The molecule has 2 rings (SSSR count). The summed E-state index contributed by atoms with van der Waals surface area (Å²) >= 11 is 0. The maximum absolute atomic E-state index is 12.6. The largest absolute Gasteiger partial charge is 0.488 e. The highest BCUT2D eigenvalue weighted by atomic mass is 32.2. The highest BCUT2D eigenvalue weighted by Crippen LogP contribution is 2.27. The van der Waals surface area contributed by atoms with Gasteiger partial charge in [0.05, 0.1) is 31.0 Å². The number of nitrogens with one attached hydrogen (secondary N) is 1. The number of amides is 1. The summed E-state index contributed by atoms with van der Waals surface area (Å²) in [6, 6.07) is 9.52. The fourth-order valence-electron chi connectivity index (χ4n) is 3.28. The maximum Gasteiger partial charge on any atom is 0.269 e. The molecule has 0 saturated heterocycles. The number of Topliss-reactive ketones (excluding diaryl/α,β-unsaturated/α-hetero) is 1. The lowest BCUT2D eigenvalue weighted by atomic mass is 10.00. The van der Waals surface area contributed by atoms with Crippen molar-refractivity contribution in [3.05, 3.63) is 68.8 Å². The van der Waals surface area contributed by atoms with E-state index in [0.29, 0.717) is 11.3 Å². The van der Waals surface area contributed by atoms with Crippen LogP contribution in [0.25, 0.3) is 0 Å². The van der Waals surface area contributed by atoms with Gasteiger partial charge in [-0.1, -0.05) is 0 Å². The highest BCUT2D eigenvalue weighted by Gasteiger charge is 2.14. The van der Waals surface area contributed by atoms with Crippen molar-refractivity contribution in [2.45, 2.75) is 33.3 Å². The molecule has 196 valence electrons. The molecule has 0 fully saturated rings. The molecule has 2 aromatic carbocycles. The molecule has 1 N–H and O–H groups in total. The van der Waals surface area contributed by atoms with E-state index in [-0.39, 0.29) is 63.2 Å². The van der Waals surface area contributed by atoms with Crippen LogP contribution in [0, 0.1) is 24.0 Å². The van der Waals surface area contributed by atoms with E-state index >= 15 is 0 Å². The van der Waals surface area contributed by atoms with Crippen LogP contribution in [0.5, 0.6) is 5.75 Å². The topological polar surface area (TPSA) is 151 Å². The van der Waals surface area contributed by atoms with Crippen LogP contribution < -0.4 is 10.1 Å². The van der Waals surface area contributed by atoms with Gasteiger partial charge in [0.1, 0.15) is 12.4 Å². The van der Waals surface area contributed by atoms with Crippen molar-refractivity contribution in [3.8, 4) is 5.75 Å². The second-order valence-corrected chi connectivity index (χ2v) is 9.71. The first-order valence-corrected chi connectivity index (χ1v) is 13.0. The fraction of sp³-hybridized carbons (Fsp3) is 0.417. The van der Waals surface area contributed by atoms with E-state index in [0.717, 1.165) is 22.9 Å². The van der Waals surface area contributed by atoms with Gasteiger partial charge in [0, 0.05) is 37.1 Å². The molecule has 0 spiro atoms. The van der Waals surface area contributed by atoms with E-state index in [4.69, 9.17) is 9.47 Å². The molecule has 12 heteroatoms. The standard InChI is InChI=1S/C24H30N2O9S/c1-17-14-20(15-18(2)24(17)34-16-19-4-6-21(7-5-19)26(29)30)22(27)8-9-23(28)25-10-11-33-12-13-35-36(3,31)32/h4-7,14-15H,8-13,16H2,1-3H3,(H,25,28). The minimum atomic E-state index is -3.50. The normalized spacial score (nSPS) is 11.2. The molecule has 0 radical (unpaired) electrons. The van der Waals surface area contributed by atoms with Gasteiger partial charge in [-0.3, -0.25) is 23.9 Å².